The van der Waals surface area contributed by atoms with Gasteiger partial charge in [0, 0.05) is 34.5 Å². The van der Waals surface area contributed by atoms with E-state index in [0.717, 1.165) is 217 Å². The maximum atomic E-state index is 6.83. The SMILES string of the molecule is CCN(CC)C(C(=S)SCc1c(CSC(=S)C(N(CC)CC)=[N+](CC)CC)c(CSC(=S)C(N(CC)CC)=[N+](CC)CC)c(CSC(=S)C(N(CC)CC)=[N+](CC)CC)c(CSC(=S)C(N(CC)CC)=[N+](CC)CC)c1CSC(=S)C(N(CC)CC)=[N+](CC)CC)=[N+](CC)CC. The van der Waals surface area contributed by atoms with E-state index in [4.69, 9.17) is 73.3 Å². The highest BCUT2D eigenvalue weighted by molar-refractivity contribution is 8.26. The van der Waals surface area contributed by atoms with E-state index in [1.165, 1.54) is 33.4 Å². The van der Waals surface area contributed by atoms with Crippen molar-refractivity contribution >= 4 is 204 Å². The smallest absolute Gasteiger partial charge is 0.261 e. The molecule has 0 aliphatic carbocycles. The molecular formula is C72H132N12S12+6. The van der Waals surface area contributed by atoms with Crippen molar-refractivity contribution in [1.82, 2.24) is 29.4 Å². The van der Waals surface area contributed by atoms with Gasteiger partial charge in [-0.15, -0.1) is 70.6 Å². The molecule has 0 bridgehead atoms. The first-order chi connectivity index (χ1) is 46.1. The third kappa shape index (κ3) is 26.1. The zero-order valence-electron chi connectivity index (χ0n) is 64.5. The van der Waals surface area contributed by atoms with Crippen molar-refractivity contribution < 1.29 is 27.5 Å². The standard InChI is InChI=1S/C72H132N12S12/c1-25-73(26-2)61(74(27-3)28-4)67(85)91-49-55-56(50-92-68(86)62(75(29-5)30-6)76(31-7)32-8)58(52-94-70(88)64(79(37-13)38-14)80(39-15)40-16)60(54-96-72(90)66(83(45-21)46-22)84(47-23)48-24)59(53-95-71(89)65(81(41-17)42-18)82(43-19)44-20)57(55)51-93-69(87)63(77(33-9)34-10)78(35-11)36-12/h25-54H2,1-24H3/q+6. The number of rotatable bonds is 36. The van der Waals surface area contributed by atoms with Crippen LogP contribution in [0.15, 0.2) is 0 Å². The minimum atomic E-state index is 0.645. The van der Waals surface area contributed by atoms with Gasteiger partial charge in [0.15, 0.2) is 25.2 Å². The van der Waals surface area contributed by atoms with E-state index in [0.29, 0.717) is 34.5 Å². The van der Waals surface area contributed by atoms with E-state index >= 15 is 0 Å². The lowest BCUT2D eigenvalue weighted by Crippen LogP contribution is -2.42. The molecule has 546 valence electrons. The molecule has 0 fully saturated rings. The van der Waals surface area contributed by atoms with Crippen molar-refractivity contribution in [2.24, 2.45) is 0 Å². The van der Waals surface area contributed by atoms with Gasteiger partial charge in [0.25, 0.3) is 35.0 Å². The average Bonchev–Trinajstić information content (AvgIpc) is 0.761. The molecule has 12 nitrogen and oxygen atoms in total. The average molecular weight is 1550 g/mol. The summed E-state index contributed by atoms with van der Waals surface area (Å²) in [4.78, 5) is 14.7. The molecular weight excluding hydrogens is 1420 g/mol. The molecule has 0 N–H and O–H groups in total. The Labute approximate surface area is 646 Å². The number of hydrogen-bond acceptors (Lipinski definition) is 12. The number of nitrogens with zero attached hydrogens (tertiary/aromatic N) is 12. The number of amidine groups is 6. The summed E-state index contributed by atoms with van der Waals surface area (Å²) in [5.41, 5.74) is 7.82. The third-order valence-corrected chi connectivity index (χ3v) is 26.6. The molecule has 0 radical (unpaired) electrons. The van der Waals surface area contributed by atoms with E-state index in [9.17, 15) is 0 Å². The highest BCUT2D eigenvalue weighted by Gasteiger charge is 2.36. The topological polar surface area (TPSA) is 37.5 Å². The Hall–Kier alpha value is -1.32. The molecule has 0 heterocycles. The number of benzene rings is 1. The van der Waals surface area contributed by atoms with Gasteiger partial charge in [0.1, 0.15) is 0 Å². The van der Waals surface area contributed by atoms with Crippen LogP contribution in [0.25, 0.3) is 0 Å². The van der Waals surface area contributed by atoms with E-state index in [-0.39, 0.29) is 0 Å². The van der Waals surface area contributed by atoms with Crippen LogP contribution in [-0.4, -0.2) is 274 Å². The molecule has 0 aliphatic rings. The summed E-state index contributed by atoms with van der Waals surface area (Å²) in [6.07, 6.45) is 0. The number of hydrogen-bond donors (Lipinski definition) is 0. The lowest BCUT2D eigenvalue weighted by Gasteiger charge is -2.29. The van der Waals surface area contributed by atoms with Crippen molar-refractivity contribution in [2.45, 2.75) is 201 Å². The van der Waals surface area contributed by atoms with Crippen LogP contribution >= 0.6 is 144 Å². The maximum absolute atomic E-state index is 6.83. The van der Waals surface area contributed by atoms with Crippen molar-refractivity contribution in [3.63, 3.8) is 0 Å². The Morgan fingerprint density at radius 3 is 0.365 bits per heavy atom. The zero-order chi connectivity index (χ0) is 72.8. The highest BCUT2D eigenvalue weighted by atomic mass is 32.2. The van der Waals surface area contributed by atoms with Gasteiger partial charge in [-0.1, -0.05) is 73.3 Å². The minimum absolute atomic E-state index is 0.645. The summed E-state index contributed by atoms with van der Waals surface area (Å²) < 4.78 is 20.2. The Balaban J connectivity index is 5.73. The van der Waals surface area contributed by atoms with Crippen LogP contribution in [0.5, 0.6) is 0 Å². The van der Waals surface area contributed by atoms with Gasteiger partial charge in [0.05, 0.1) is 157 Å². The molecule has 0 spiro atoms. The highest BCUT2D eigenvalue weighted by Crippen LogP contribution is 2.42. The van der Waals surface area contributed by atoms with Gasteiger partial charge in [0.2, 0.25) is 0 Å². The maximum Gasteiger partial charge on any atom is 0.296 e. The molecule has 0 unspecified atom stereocenters. The second-order valence-electron chi connectivity index (χ2n) is 22.3. The fourth-order valence-electron chi connectivity index (χ4n) is 12.4. The molecule has 0 aliphatic heterocycles. The molecule has 1 rings (SSSR count). The van der Waals surface area contributed by atoms with Crippen LogP contribution in [-0.2, 0) is 34.5 Å². The van der Waals surface area contributed by atoms with Gasteiger partial charge < -0.3 is 0 Å². The fraction of sp³-hybridized carbons (Fsp3) is 0.750. The normalized spacial score (nSPS) is 11.0. The molecule has 0 aromatic heterocycles. The molecule has 0 saturated heterocycles. The first-order valence-corrected chi connectivity index (χ1v) is 44.9. The summed E-state index contributed by atoms with van der Waals surface area (Å²) in [5, 5.41) is 0. The molecule has 96 heavy (non-hydrogen) atoms. The van der Waals surface area contributed by atoms with Crippen LogP contribution in [0.2, 0.25) is 0 Å². The van der Waals surface area contributed by atoms with E-state index in [2.05, 4.69) is 223 Å². The summed E-state index contributed by atoms with van der Waals surface area (Å²) in [7, 11) is 0. The lowest BCUT2D eigenvalue weighted by molar-refractivity contribution is -0.523. The van der Waals surface area contributed by atoms with Crippen LogP contribution in [0.1, 0.15) is 200 Å². The lowest BCUT2D eigenvalue weighted by atomic mass is 9.90. The minimum Gasteiger partial charge on any atom is -0.261 e. The fourth-order valence-corrected chi connectivity index (χ4v) is 21.1. The summed E-state index contributed by atoms with van der Waals surface area (Å²) in [5.74, 6) is 10.7. The first kappa shape index (κ1) is 92.7. The molecule has 1 aromatic rings. The molecule has 24 heteroatoms. The van der Waals surface area contributed by atoms with Gasteiger partial charge >= 0.3 is 0 Å². The van der Waals surface area contributed by atoms with Crippen molar-refractivity contribution in [1.29, 1.82) is 0 Å². The Bertz CT molecular complexity index is 2310. The van der Waals surface area contributed by atoms with Crippen LogP contribution in [0.3, 0.4) is 0 Å². The van der Waals surface area contributed by atoms with E-state index < -0.39 is 0 Å². The Kier molecular flexibility index (Phi) is 50.0. The predicted molar refractivity (Wildman–Crippen MR) is 465 cm³/mol. The Morgan fingerprint density at radius 2 is 0.292 bits per heavy atom. The van der Waals surface area contributed by atoms with E-state index in [1.807, 2.05) is 70.6 Å². The van der Waals surface area contributed by atoms with E-state index in [1.54, 1.807) is 0 Å². The second kappa shape index (κ2) is 51.8. The van der Waals surface area contributed by atoms with Gasteiger partial charge in [-0.3, -0.25) is 56.9 Å². The van der Waals surface area contributed by atoms with Crippen LogP contribution in [0.4, 0.5) is 0 Å². The first-order valence-electron chi connectivity index (χ1n) is 36.5. The predicted octanol–water partition coefficient (Wildman–Crippen LogP) is 15.8. The summed E-state index contributed by atoms with van der Waals surface area (Å²) >= 11 is 51.9. The van der Waals surface area contributed by atoms with Gasteiger partial charge in [-0.25, -0.2) is 0 Å². The summed E-state index contributed by atoms with van der Waals surface area (Å²) in [6, 6.07) is 0. The van der Waals surface area contributed by atoms with Gasteiger partial charge in [-0.05, 0) is 200 Å². The van der Waals surface area contributed by atoms with Crippen LogP contribution < -0.4 is 0 Å². The quantitative estimate of drug-likeness (QED) is 0.0277. The van der Waals surface area contributed by atoms with Crippen molar-refractivity contribution in [2.75, 3.05) is 157 Å². The van der Waals surface area contributed by atoms with Crippen LogP contribution in [0, 0.1) is 0 Å². The van der Waals surface area contributed by atoms with Crippen molar-refractivity contribution in [3.8, 4) is 0 Å². The number of thioether (sulfide) groups is 6. The monoisotopic (exact) mass is 1550 g/mol. The largest absolute Gasteiger partial charge is 0.296 e. The van der Waals surface area contributed by atoms with Gasteiger partial charge in [-0.2, -0.15) is 0 Å². The molecule has 0 atom stereocenters. The Morgan fingerprint density at radius 1 is 0.198 bits per heavy atom. The molecule has 1 aromatic carbocycles. The number of thiocarbonyl (C=S) groups is 6. The van der Waals surface area contributed by atoms with Crippen molar-refractivity contribution in [3.05, 3.63) is 33.4 Å². The zero-order valence-corrected chi connectivity index (χ0v) is 74.3. The molecule has 0 saturated carbocycles. The third-order valence-electron chi connectivity index (χ3n) is 18.1. The summed E-state index contributed by atoms with van der Waals surface area (Å²) in [6.45, 7) is 74.6. The molecule has 0 amide bonds. The second-order valence-corrected chi connectivity index (χ2v) is 32.3.